The zero-order valence-electron chi connectivity index (χ0n) is 16.5. The molecule has 0 saturated carbocycles. The van der Waals surface area contributed by atoms with Gasteiger partial charge in [-0.25, -0.2) is 17.9 Å². The van der Waals surface area contributed by atoms with Gasteiger partial charge in [-0.15, -0.1) is 10.2 Å². The number of aromatic carboxylic acids is 1. The Kier molecular flexibility index (Phi) is 6.54. The Labute approximate surface area is 187 Å². The first-order valence-electron chi connectivity index (χ1n) is 8.74. The number of allylic oxidation sites excluding steroid dienone is 4. The molecule has 0 radical (unpaired) electrons. The third-order valence-corrected chi connectivity index (χ3v) is 6.58. The molecule has 3 rings (SSSR count). The molecule has 0 bridgehead atoms. The van der Waals surface area contributed by atoms with Crippen LogP contribution in [-0.4, -0.2) is 45.7 Å². The molecule has 0 aliphatic heterocycles. The van der Waals surface area contributed by atoms with Crippen molar-refractivity contribution in [3.63, 3.8) is 0 Å². The summed E-state index contributed by atoms with van der Waals surface area (Å²) >= 11 is 7.51. The quantitative estimate of drug-likeness (QED) is 0.506. The summed E-state index contributed by atoms with van der Waals surface area (Å²) in [6.45, 7) is 5.30. The van der Waals surface area contributed by atoms with E-state index in [0.717, 1.165) is 11.8 Å². The van der Waals surface area contributed by atoms with Crippen molar-refractivity contribution in [3.05, 3.63) is 75.8 Å². The number of nitrogens with zero attached hydrogens (tertiary/aromatic N) is 4. The van der Waals surface area contributed by atoms with Crippen LogP contribution in [0.15, 0.2) is 60.0 Å². The van der Waals surface area contributed by atoms with Crippen molar-refractivity contribution >= 4 is 44.3 Å². The van der Waals surface area contributed by atoms with Crippen LogP contribution in [0.4, 0.5) is 0 Å². The highest BCUT2D eigenvalue weighted by Gasteiger charge is 2.20. The lowest BCUT2D eigenvalue weighted by molar-refractivity contribution is 0.0690. The van der Waals surface area contributed by atoms with E-state index in [1.165, 1.54) is 28.2 Å². The average Bonchev–Trinajstić information content (AvgIpc) is 3.34. The molecule has 1 aromatic carbocycles. The highest BCUT2D eigenvalue weighted by Crippen LogP contribution is 2.31. The molecule has 0 fully saturated rings. The lowest BCUT2D eigenvalue weighted by Gasteiger charge is -2.06. The van der Waals surface area contributed by atoms with Gasteiger partial charge < -0.3 is 5.11 Å². The number of aromatic nitrogens is 4. The number of sulfone groups is 1. The van der Waals surface area contributed by atoms with Gasteiger partial charge in [-0.1, -0.05) is 53.8 Å². The third-order valence-electron chi connectivity index (χ3n) is 4.10. The van der Waals surface area contributed by atoms with Gasteiger partial charge in [0.15, 0.2) is 20.5 Å². The van der Waals surface area contributed by atoms with Crippen LogP contribution in [-0.2, 0) is 9.84 Å². The van der Waals surface area contributed by atoms with Crippen LogP contribution in [0.3, 0.4) is 0 Å². The second kappa shape index (κ2) is 8.96. The first kappa shape index (κ1) is 22.6. The predicted octanol–water partition coefficient (Wildman–Crippen LogP) is 4.26. The molecule has 11 heteroatoms. The van der Waals surface area contributed by atoms with Crippen LogP contribution in [0.25, 0.3) is 22.0 Å². The van der Waals surface area contributed by atoms with Crippen LogP contribution in [0.2, 0.25) is 5.02 Å². The lowest BCUT2D eigenvalue weighted by Crippen LogP contribution is -2.02. The van der Waals surface area contributed by atoms with Gasteiger partial charge in [0.1, 0.15) is 10.7 Å². The Morgan fingerprint density at radius 2 is 2.00 bits per heavy atom. The Balaban J connectivity index is 1.98. The van der Waals surface area contributed by atoms with Gasteiger partial charge in [0.2, 0.25) is 0 Å². The fourth-order valence-electron chi connectivity index (χ4n) is 2.43. The summed E-state index contributed by atoms with van der Waals surface area (Å²) in [5.41, 5.74) is 1.53. The normalized spacial score (nSPS) is 12.4. The van der Waals surface area contributed by atoms with E-state index in [-0.39, 0.29) is 10.6 Å². The largest absolute Gasteiger partial charge is 0.476 e. The molecular weight excluding hydrogens is 460 g/mol. The maximum atomic E-state index is 11.5. The van der Waals surface area contributed by atoms with Crippen molar-refractivity contribution in [2.24, 2.45) is 0 Å². The van der Waals surface area contributed by atoms with Crippen LogP contribution >= 0.6 is 22.9 Å². The SMILES string of the molecule is C=C(/C=C\C=C(/C)c1nnc(-c2cc(C(=O)O)nn2-c2ccccc2Cl)s1)S(C)(=O)=O. The van der Waals surface area contributed by atoms with E-state index >= 15 is 0 Å². The van der Waals surface area contributed by atoms with Crippen molar-refractivity contribution in [2.75, 3.05) is 6.26 Å². The van der Waals surface area contributed by atoms with Crippen molar-refractivity contribution < 1.29 is 18.3 Å². The predicted molar refractivity (Wildman–Crippen MR) is 121 cm³/mol. The summed E-state index contributed by atoms with van der Waals surface area (Å²) in [6, 6.07) is 8.33. The number of carbonyl (C=O) groups is 1. The number of benzene rings is 1. The molecule has 31 heavy (non-hydrogen) atoms. The Hall–Kier alpha value is -3.08. The lowest BCUT2D eigenvalue weighted by atomic mass is 10.3. The summed E-state index contributed by atoms with van der Waals surface area (Å²) in [5.74, 6) is -1.18. The molecule has 2 aromatic heterocycles. The van der Waals surface area contributed by atoms with E-state index in [1.54, 1.807) is 43.3 Å². The molecule has 3 aromatic rings. The van der Waals surface area contributed by atoms with Crippen molar-refractivity contribution in [1.82, 2.24) is 20.0 Å². The van der Waals surface area contributed by atoms with Crippen molar-refractivity contribution in [1.29, 1.82) is 0 Å². The topological polar surface area (TPSA) is 115 Å². The average molecular weight is 477 g/mol. The molecule has 0 aliphatic carbocycles. The number of hydrogen-bond acceptors (Lipinski definition) is 7. The molecule has 0 saturated heterocycles. The summed E-state index contributed by atoms with van der Waals surface area (Å²) in [5, 5.41) is 23.3. The van der Waals surface area contributed by atoms with Crippen LogP contribution in [0, 0.1) is 0 Å². The highest BCUT2D eigenvalue weighted by atomic mass is 35.5. The Morgan fingerprint density at radius 3 is 2.65 bits per heavy atom. The first-order valence-corrected chi connectivity index (χ1v) is 11.8. The number of para-hydroxylation sites is 1. The smallest absolute Gasteiger partial charge is 0.356 e. The maximum Gasteiger partial charge on any atom is 0.356 e. The number of halogens is 1. The number of carboxylic acid groups (broad SMARTS) is 1. The minimum absolute atomic E-state index is 0.000607. The van der Waals surface area contributed by atoms with E-state index in [2.05, 4.69) is 21.9 Å². The summed E-state index contributed by atoms with van der Waals surface area (Å²) in [6.07, 6.45) is 5.73. The Bertz CT molecular complexity index is 1340. The maximum absolute atomic E-state index is 11.5. The highest BCUT2D eigenvalue weighted by molar-refractivity contribution is 7.94. The standard InChI is InChI=1S/C20H17ClN4O4S2/c1-12(7-6-8-13(2)31(3,28)29)18-22-23-19(30-18)17-11-15(20(26)27)24-25(17)16-10-5-4-9-14(16)21/h4-11H,2H2,1,3H3,(H,26,27)/b8-6-,12-7+. The molecule has 2 heterocycles. The second-order valence-corrected chi connectivity index (χ2v) is 9.90. The molecule has 0 unspecified atom stereocenters. The van der Waals surface area contributed by atoms with E-state index in [1.807, 2.05) is 0 Å². The monoisotopic (exact) mass is 476 g/mol. The molecule has 160 valence electrons. The molecular formula is C20H17ClN4O4S2. The van der Waals surface area contributed by atoms with Gasteiger partial charge in [-0.2, -0.15) is 5.10 Å². The van der Waals surface area contributed by atoms with Gasteiger partial charge >= 0.3 is 5.97 Å². The zero-order valence-corrected chi connectivity index (χ0v) is 18.9. The second-order valence-electron chi connectivity index (χ2n) is 6.44. The minimum atomic E-state index is -3.34. The van der Waals surface area contributed by atoms with Crippen LogP contribution in [0.1, 0.15) is 22.4 Å². The first-order chi connectivity index (χ1) is 14.6. The zero-order chi connectivity index (χ0) is 22.8. The van der Waals surface area contributed by atoms with Crippen LogP contribution < -0.4 is 0 Å². The van der Waals surface area contributed by atoms with E-state index in [9.17, 15) is 18.3 Å². The molecule has 0 aliphatic rings. The molecule has 0 atom stereocenters. The molecule has 1 N–H and O–H groups in total. The number of carboxylic acids is 1. The van der Waals surface area contributed by atoms with Gasteiger partial charge in [0.25, 0.3) is 0 Å². The van der Waals surface area contributed by atoms with E-state index in [4.69, 9.17) is 11.6 Å². The molecule has 0 amide bonds. The summed E-state index contributed by atoms with van der Waals surface area (Å²) in [4.78, 5) is 11.5. The summed E-state index contributed by atoms with van der Waals surface area (Å²) < 4.78 is 24.2. The minimum Gasteiger partial charge on any atom is -0.476 e. The van der Waals surface area contributed by atoms with Gasteiger partial charge in [-0.05, 0) is 30.7 Å². The summed E-state index contributed by atoms with van der Waals surface area (Å²) in [7, 11) is -3.34. The third kappa shape index (κ3) is 5.16. The van der Waals surface area contributed by atoms with Gasteiger partial charge in [0, 0.05) is 12.3 Å². The fraction of sp³-hybridized carbons (Fsp3) is 0.100. The van der Waals surface area contributed by atoms with Crippen molar-refractivity contribution in [2.45, 2.75) is 6.92 Å². The number of hydrogen-bond donors (Lipinski definition) is 1. The van der Waals surface area contributed by atoms with Gasteiger partial charge in [0.05, 0.1) is 15.6 Å². The van der Waals surface area contributed by atoms with E-state index in [0.29, 0.717) is 26.4 Å². The van der Waals surface area contributed by atoms with Crippen molar-refractivity contribution in [3.8, 4) is 16.4 Å². The Morgan fingerprint density at radius 1 is 1.29 bits per heavy atom. The van der Waals surface area contributed by atoms with E-state index < -0.39 is 15.8 Å². The molecule has 0 spiro atoms. The van der Waals surface area contributed by atoms with Gasteiger partial charge in [-0.3, -0.25) is 0 Å². The molecule has 8 nitrogen and oxygen atoms in total. The number of rotatable bonds is 7. The van der Waals surface area contributed by atoms with Crippen LogP contribution in [0.5, 0.6) is 0 Å². The fourth-order valence-corrected chi connectivity index (χ4v) is 3.79.